The van der Waals surface area contributed by atoms with Gasteiger partial charge in [-0.05, 0) is 30.7 Å². The molecule has 0 saturated heterocycles. The molecule has 1 heterocycles. The lowest BCUT2D eigenvalue weighted by molar-refractivity contribution is -0.384. The molecule has 3 aromatic carbocycles. The zero-order valence-electron chi connectivity index (χ0n) is 17.1. The van der Waals surface area contributed by atoms with Crippen LogP contribution in [0, 0.1) is 17.0 Å². The third kappa shape index (κ3) is 4.90. The van der Waals surface area contributed by atoms with E-state index in [2.05, 4.69) is 46.5 Å². The Kier molecular flexibility index (Phi) is 6.24. The Labute approximate surface area is 184 Å². The highest BCUT2D eigenvalue weighted by molar-refractivity contribution is 7.07. The van der Waals surface area contributed by atoms with Crippen molar-refractivity contribution in [3.63, 3.8) is 0 Å². The van der Waals surface area contributed by atoms with Crippen molar-refractivity contribution in [2.45, 2.75) is 13.5 Å². The number of nitrogens with one attached hydrogen (secondary N) is 1. The number of nitro benzene ring substituents is 1. The smallest absolute Gasteiger partial charge is 0.292 e. The number of hydrogen-bond donors (Lipinski definition) is 1. The third-order valence-corrected chi connectivity index (χ3v) is 5.74. The molecule has 0 atom stereocenters. The van der Waals surface area contributed by atoms with Gasteiger partial charge in [0.25, 0.3) is 5.69 Å². The molecule has 31 heavy (non-hydrogen) atoms. The van der Waals surface area contributed by atoms with Crippen molar-refractivity contribution >= 4 is 28.4 Å². The summed E-state index contributed by atoms with van der Waals surface area (Å²) in [5, 5.41) is 16.6. The molecule has 0 aliphatic heterocycles. The van der Waals surface area contributed by atoms with Crippen LogP contribution >= 0.6 is 11.3 Å². The van der Waals surface area contributed by atoms with Gasteiger partial charge < -0.3 is 9.88 Å². The Morgan fingerprint density at radius 2 is 1.71 bits per heavy atom. The highest BCUT2D eigenvalue weighted by Crippen LogP contribution is 2.24. The molecule has 0 aliphatic carbocycles. The number of anilines is 1. The normalized spacial score (nSPS) is 11.5. The first kappa shape index (κ1) is 20.6. The average Bonchev–Trinajstić information content (AvgIpc) is 3.17. The minimum Gasteiger partial charge on any atom is -0.378 e. The predicted octanol–water partition coefficient (Wildman–Crippen LogP) is 5.78. The van der Waals surface area contributed by atoms with Crippen LogP contribution < -0.4 is 10.1 Å². The predicted molar refractivity (Wildman–Crippen MR) is 126 cm³/mol. The summed E-state index contributed by atoms with van der Waals surface area (Å²) in [6, 6.07) is 24.9. The molecule has 156 valence electrons. The van der Waals surface area contributed by atoms with Crippen molar-refractivity contribution in [3.05, 3.63) is 105 Å². The van der Waals surface area contributed by atoms with Crippen molar-refractivity contribution in [2.75, 3.05) is 11.9 Å². The van der Waals surface area contributed by atoms with E-state index in [-0.39, 0.29) is 10.6 Å². The van der Waals surface area contributed by atoms with Crippen LogP contribution in [-0.4, -0.2) is 16.0 Å². The van der Waals surface area contributed by atoms with Gasteiger partial charge in [0.2, 0.25) is 0 Å². The molecule has 0 unspecified atom stereocenters. The lowest BCUT2D eigenvalue weighted by Gasteiger charge is -2.11. The number of hydrogen-bond acceptors (Lipinski definition) is 5. The number of para-hydroxylation sites is 3. The number of nitrogens with zero attached hydrogens (tertiary/aromatic N) is 3. The average molecular weight is 431 g/mol. The van der Waals surface area contributed by atoms with Crippen molar-refractivity contribution in [1.29, 1.82) is 0 Å². The minimum atomic E-state index is -0.367. The zero-order chi connectivity index (χ0) is 21.6. The van der Waals surface area contributed by atoms with E-state index in [9.17, 15) is 10.1 Å². The molecule has 1 aromatic heterocycles. The zero-order valence-corrected chi connectivity index (χ0v) is 17.9. The van der Waals surface area contributed by atoms with E-state index in [0.29, 0.717) is 18.8 Å². The largest absolute Gasteiger partial charge is 0.378 e. The van der Waals surface area contributed by atoms with E-state index in [1.807, 2.05) is 30.3 Å². The van der Waals surface area contributed by atoms with Gasteiger partial charge in [0.05, 0.1) is 16.3 Å². The van der Waals surface area contributed by atoms with Crippen molar-refractivity contribution in [2.24, 2.45) is 4.99 Å². The van der Waals surface area contributed by atoms with Gasteiger partial charge in [-0.2, -0.15) is 0 Å². The molecule has 0 aliphatic rings. The molecule has 0 bridgehead atoms. The molecule has 0 fully saturated rings. The Morgan fingerprint density at radius 3 is 2.45 bits per heavy atom. The number of benzene rings is 3. The lowest BCUT2D eigenvalue weighted by atomic mass is 10.1. The Hall–Kier alpha value is -3.71. The summed E-state index contributed by atoms with van der Waals surface area (Å²) in [6.45, 7) is 3.21. The van der Waals surface area contributed by atoms with Gasteiger partial charge in [-0.25, -0.2) is 4.99 Å². The fraction of sp³-hybridized carbons (Fsp3) is 0.125. The SMILES string of the molecule is Cc1ccc(-c2csc(=Nc3ccccc3)n2CCNc2ccccc2[N+](=O)[O-])cc1. The molecule has 0 saturated carbocycles. The summed E-state index contributed by atoms with van der Waals surface area (Å²) >= 11 is 1.58. The van der Waals surface area contributed by atoms with Gasteiger partial charge in [-0.1, -0.05) is 60.2 Å². The highest BCUT2D eigenvalue weighted by Gasteiger charge is 2.13. The van der Waals surface area contributed by atoms with Crippen LogP contribution in [0.5, 0.6) is 0 Å². The molecule has 7 heteroatoms. The second-order valence-corrected chi connectivity index (χ2v) is 7.91. The summed E-state index contributed by atoms with van der Waals surface area (Å²) in [4.78, 5) is 16.6. The summed E-state index contributed by atoms with van der Waals surface area (Å²) in [6.07, 6.45) is 0. The Bertz CT molecular complexity index is 1240. The molecular weight excluding hydrogens is 408 g/mol. The van der Waals surface area contributed by atoms with Crippen LogP contribution in [0.4, 0.5) is 17.1 Å². The van der Waals surface area contributed by atoms with Gasteiger partial charge in [-0.15, -0.1) is 11.3 Å². The number of aromatic nitrogens is 1. The van der Waals surface area contributed by atoms with Crippen LogP contribution in [-0.2, 0) is 6.54 Å². The van der Waals surface area contributed by atoms with Gasteiger partial charge in [0, 0.05) is 24.5 Å². The first-order valence-corrected chi connectivity index (χ1v) is 10.8. The van der Waals surface area contributed by atoms with E-state index in [1.165, 1.54) is 11.6 Å². The van der Waals surface area contributed by atoms with Crippen molar-refractivity contribution in [1.82, 2.24) is 4.57 Å². The third-order valence-electron chi connectivity index (χ3n) is 4.88. The molecule has 0 spiro atoms. The van der Waals surface area contributed by atoms with Gasteiger partial charge in [0.1, 0.15) is 5.69 Å². The maximum absolute atomic E-state index is 11.3. The van der Waals surface area contributed by atoms with Crippen LogP contribution in [0.25, 0.3) is 11.3 Å². The first-order valence-electron chi connectivity index (χ1n) is 9.94. The number of aryl methyl sites for hydroxylation is 1. The van der Waals surface area contributed by atoms with E-state index < -0.39 is 0 Å². The monoisotopic (exact) mass is 430 g/mol. The van der Waals surface area contributed by atoms with Crippen LogP contribution in [0.2, 0.25) is 0 Å². The number of rotatable bonds is 7. The van der Waals surface area contributed by atoms with E-state index >= 15 is 0 Å². The fourth-order valence-electron chi connectivity index (χ4n) is 3.29. The van der Waals surface area contributed by atoms with E-state index in [0.717, 1.165) is 21.7 Å². The molecule has 4 rings (SSSR count). The second-order valence-electron chi connectivity index (χ2n) is 7.07. The summed E-state index contributed by atoms with van der Waals surface area (Å²) in [5.41, 5.74) is 4.87. The highest BCUT2D eigenvalue weighted by atomic mass is 32.1. The number of nitro groups is 1. The molecule has 1 N–H and O–H groups in total. The minimum absolute atomic E-state index is 0.0748. The van der Waals surface area contributed by atoms with Gasteiger partial charge in [-0.3, -0.25) is 10.1 Å². The maximum atomic E-state index is 11.3. The lowest BCUT2D eigenvalue weighted by Crippen LogP contribution is -2.21. The summed E-state index contributed by atoms with van der Waals surface area (Å²) in [5.74, 6) is 0. The van der Waals surface area contributed by atoms with Crippen LogP contribution in [0.3, 0.4) is 0 Å². The van der Waals surface area contributed by atoms with Crippen LogP contribution in [0.15, 0.2) is 89.2 Å². The molecule has 6 nitrogen and oxygen atoms in total. The topological polar surface area (TPSA) is 72.5 Å². The standard InChI is InChI=1S/C24H22N4O2S/c1-18-11-13-19(14-12-18)23-17-31-24(26-20-7-3-2-4-8-20)27(23)16-15-25-21-9-5-6-10-22(21)28(29)30/h2-14,17,25H,15-16H2,1H3. The summed E-state index contributed by atoms with van der Waals surface area (Å²) in [7, 11) is 0. The maximum Gasteiger partial charge on any atom is 0.292 e. The Morgan fingerprint density at radius 1 is 1.00 bits per heavy atom. The Balaban J connectivity index is 1.66. The van der Waals surface area contributed by atoms with E-state index in [1.54, 1.807) is 29.5 Å². The van der Waals surface area contributed by atoms with Crippen molar-refractivity contribution in [3.8, 4) is 11.3 Å². The summed E-state index contributed by atoms with van der Waals surface area (Å²) < 4.78 is 2.16. The second kappa shape index (κ2) is 9.40. The fourth-order valence-corrected chi connectivity index (χ4v) is 4.24. The van der Waals surface area contributed by atoms with E-state index in [4.69, 9.17) is 4.99 Å². The molecule has 4 aromatic rings. The molecular formula is C24H22N4O2S. The molecule has 0 amide bonds. The number of thiazole rings is 1. The first-order chi connectivity index (χ1) is 15.1. The van der Waals surface area contributed by atoms with Crippen LogP contribution in [0.1, 0.15) is 5.56 Å². The van der Waals surface area contributed by atoms with Gasteiger partial charge >= 0.3 is 0 Å². The molecule has 0 radical (unpaired) electrons. The van der Waals surface area contributed by atoms with Gasteiger partial charge in [0.15, 0.2) is 4.80 Å². The quantitative estimate of drug-likeness (QED) is 0.298. The van der Waals surface area contributed by atoms with Crippen molar-refractivity contribution < 1.29 is 4.92 Å².